The lowest BCUT2D eigenvalue weighted by Crippen LogP contribution is -2.28. The average Bonchev–Trinajstić information content (AvgIpc) is 1.51. The van der Waals surface area contributed by atoms with Crippen molar-refractivity contribution in [1.29, 1.82) is 0 Å². The highest BCUT2D eigenvalue weighted by Crippen LogP contribution is 2.63. The van der Waals surface area contributed by atoms with E-state index in [1.807, 2.05) is 0 Å². The second-order valence-corrected chi connectivity index (χ2v) is 33.8. The Balaban J connectivity index is 0.0000000991. The van der Waals surface area contributed by atoms with Gasteiger partial charge in [0, 0.05) is 5.41 Å². The Morgan fingerprint density at radius 3 is 1.04 bits per heavy atom. The van der Waals surface area contributed by atoms with Crippen LogP contribution >= 0.6 is 0 Å². The van der Waals surface area contributed by atoms with Crippen LogP contribution in [0.15, 0.2) is 431 Å². The van der Waals surface area contributed by atoms with Gasteiger partial charge in [-0.15, -0.1) is 0 Å². The minimum absolute atomic E-state index is 0.151. The number of fused-ring (bicyclic) bond motifs is 22. The largest absolute Gasteiger partial charge is 0.0725 e. The van der Waals surface area contributed by atoms with Crippen molar-refractivity contribution in [2.45, 2.75) is 85.0 Å². The number of rotatable bonds is 3. The first kappa shape index (κ1) is 78.2. The predicted octanol–water partition coefficient (Wildman–Crippen LogP) is 31.7. The Morgan fingerprint density at radius 2 is 0.512 bits per heavy atom. The van der Waals surface area contributed by atoms with E-state index in [9.17, 15) is 0 Å². The molecule has 0 fully saturated rings. The molecule has 0 N–H and O–H groups in total. The molecule has 0 bridgehead atoms. The van der Waals surface area contributed by atoms with Crippen molar-refractivity contribution in [3.63, 3.8) is 0 Å². The summed E-state index contributed by atoms with van der Waals surface area (Å²) in [7, 11) is 0. The van der Waals surface area contributed by atoms with E-state index in [0.717, 1.165) is 6.42 Å². The quantitative estimate of drug-likeness (QED) is 0.165. The van der Waals surface area contributed by atoms with Crippen LogP contribution in [0.4, 0.5) is 0 Å². The van der Waals surface area contributed by atoms with Gasteiger partial charge in [0.15, 0.2) is 0 Å². The lowest BCUT2D eigenvalue weighted by molar-refractivity contribution is 0.660. The predicted molar refractivity (Wildman–Crippen MR) is 516 cm³/mol. The number of hydrogen-bond acceptors (Lipinski definition) is 0. The van der Waals surface area contributed by atoms with Gasteiger partial charge >= 0.3 is 0 Å². The fourth-order valence-electron chi connectivity index (χ4n) is 19.7. The molecule has 584 valence electrons. The number of benzene rings is 19. The molecule has 0 amide bonds. The third-order valence-corrected chi connectivity index (χ3v) is 25.5. The van der Waals surface area contributed by atoms with Crippen LogP contribution in [-0.4, -0.2) is 0 Å². The molecule has 1 spiro atoms. The van der Waals surface area contributed by atoms with Crippen LogP contribution in [-0.2, 0) is 22.7 Å². The number of aryl methyl sites for hydroxylation is 7. The summed E-state index contributed by atoms with van der Waals surface area (Å²) in [6, 6.07) is 156. The molecule has 0 radical (unpaired) electrons. The molecular formula is C121H100. The van der Waals surface area contributed by atoms with Gasteiger partial charge in [-0.1, -0.05) is 472 Å². The molecule has 0 aromatic heterocycles. The molecule has 0 heterocycles. The topological polar surface area (TPSA) is 0 Å². The van der Waals surface area contributed by atoms with E-state index in [4.69, 9.17) is 0 Å². The molecule has 121 heavy (non-hydrogen) atoms. The van der Waals surface area contributed by atoms with E-state index in [0.29, 0.717) is 0 Å². The van der Waals surface area contributed by atoms with Crippen LogP contribution < -0.4 is 0 Å². The molecule has 0 heteroatoms. The SMILES string of the molecule is Cc1ccc(-c2ccc3ccccc3c2)cc1.Cc1ccc2c(c1)C(C)(C)c1ccccc1-2.Cc1ccc2c(c1)C(c1ccccc1)(c1ccccc1)c1ccccc1-2.Cc1ccc2c(c1)C1(c3ccccc3-c3ccccc31)c1ccccc1-2.Cc1ccc2c(c1)Cc1ccccc1-2.Cc1ccc2ccccc2c1.Cc1cccc2ccccc12. The van der Waals surface area contributed by atoms with Crippen LogP contribution in [0.5, 0.6) is 0 Å². The lowest BCUT2D eigenvalue weighted by Gasteiger charge is -2.34. The highest BCUT2D eigenvalue weighted by Gasteiger charge is 2.52. The molecule has 0 nitrogen and oxygen atoms in total. The molecule has 24 rings (SSSR count). The van der Waals surface area contributed by atoms with Crippen molar-refractivity contribution in [1.82, 2.24) is 0 Å². The molecular weight excluding hydrogens is 1450 g/mol. The Labute approximate surface area is 715 Å². The zero-order valence-electron chi connectivity index (χ0n) is 70.7. The van der Waals surface area contributed by atoms with E-state index < -0.39 is 0 Å². The third-order valence-electron chi connectivity index (χ3n) is 25.5. The molecule has 0 saturated heterocycles. The molecule has 19 aromatic carbocycles. The van der Waals surface area contributed by atoms with Crippen molar-refractivity contribution < 1.29 is 0 Å². The Morgan fingerprint density at radius 1 is 0.182 bits per heavy atom. The van der Waals surface area contributed by atoms with Crippen LogP contribution in [0.3, 0.4) is 0 Å². The summed E-state index contributed by atoms with van der Waals surface area (Å²) in [6.45, 7) is 19.7. The Hall–Kier alpha value is -14.0. The van der Waals surface area contributed by atoms with Gasteiger partial charge in [-0.05, 0) is 232 Å². The summed E-state index contributed by atoms with van der Waals surface area (Å²) in [5.74, 6) is 0. The minimum Gasteiger partial charge on any atom is -0.0622 e. The van der Waals surface area contributed by atoms with E-state index in [-0.39, 0.29) is 16.2 Å². The fourth-order valence-corrected chi connectivity index (χ4v) is 19.7. The second kappa shape index (κ2) is 33.4. The van der Waals surface area contributed by atoms with Crippen molar-refractivity contribution in [3.05, 3.63) is 536 Å². The van der Waals surface area contributed by atoms with Gasteiger partial charge in [-0.3, -0.25) is 0 Å². The Bertz CT molecular complexity index is 6810. The molecule has 0 saturated carbocycles. The monoisotopic (exact) mass is 1550 g/mol. The lowest BCUT2D eigenvalue weighted by atomic mass is 9.67. The van der Waals surface area contributed by atoms with Gasteiger partial charge in [-0.25, -0.2) is 0 Å². The zero-order valence-corrected chi connectivity index (χ0v) is 70.7. The van der Waals surface area contributed by atoms with Gasteiger partial charge in [0.1, 0.15) is 0 Å². The van der Waals surface area contributed by atoms with Crippen molar-refractivity contribution >= 4 is 32.3 Å². The fraction of sp³-hybridized carbons (Fsp3) is 0.107. The summed E-state index contributed by atoms with van der Waals surface area (Å²) < 4.78 is 0. The van der Waals surface area contributed by atoms with Crippen LogP contribution in [0.2, 0.25) is 0 Å². The summed E-state index contributed by atoms with van der Waals surface area (Å²) in [4.78, 5) is 0. The van der Waals surface area contributed by atoms with Crippen LogP contribution in [0.1, 0.15) is 120 Å². The van der Waals surface area contributed by atoms with E-state index in [1.165, 1.54) is 205 Å². The summed E-state index contributed by atoms with van der Waals surface area (Å²) in [5, 5.41) is 7.92. The number of hydrogen-bond donors (Lipinski definition) is 0. The first-order chi connectivity index (χ1) is 59.1. The highest BCUT2D eigenvalue weighted by atomic mass is 14.5. The highest BCUT2D eigenvalue weighted by molar-refractivity contribution is 5.96. The minimum atomic E-state index is -0.263. The summed E-state index contributed by atoms with van der Waals surface area (Å²) >= 11 is 0. The Kier molecular flexibility index (Phi) is 21.6. The third kappa shape index (κ3) is 14.7. The van der Waals surface area contributed by atoms with Gasteiger partial charge in [-0.2, -0.15) is 0 Å². The summed E-state index contributed by atoms with van der Waals surface area (Å²) in [5.41, 5.74) is 42.3. The average molecular weight is 1550 g/mol. The first-order valence-electron chi connectivity index (χ1n) is 42.7. The van der Waals surface area contributed by atoms with Crippen molar-refractivity contribution in [3.8, 4) is 66.8 Å². The molecule has 0 atom stereocenters. The standard InChI is InChI=1S/C26H18.C26H20.C17H14.C16H16.C14H12.2C11H10/c1-17-14-15-21-20-10-4-7-13-24(20)26(25(21)16-17)22-11-5-2-8-18(22)19-9-3-6-12-23(19)26;1-19-16-17-23-22-14-8-9-15-24(22)26(25(23)18-19,20-10-4-2-5-11-20)21-12-6-3-7-13-21;1-13-6-8-15(9-7-13)17-11-10-14-4-2-3-5-16(14)12-17;1-11-8-9-13-12-6-4-5-7-14(12)16(2,3)15(13)10-11;1-10-6-7-14-12(8-10)9-11-4-2-3-5-13(11)14;1-9-5-4-7-10-6-2-3-8-11(9)10;1-9-6-7-10-4-2-3-5-11(10)8-9/h2-16H,1H3;2-18H,1H3;2-12H,1H3;4-10H,1-3H3;2-8H,9H2,1H3;2*2-8H,1H3. The van der Waals surface area contributed by atoms with Crippen LogP contribution in [0.25, 0.3) is 99.1 Å². The molecule has 0 unspecified atom stereocenters. The van der Waals surface area contributed by atoms with Gasteiger partial charge in [0.05, 0.1) is 10.8 Å². The maximum Gasteiger partial charge on any atom is 0.0725 e. The summed E-state index contributed by atoms with van der Waals surface area (Å²) in [6.07, 6.45) is 1.10. The molecule has 5 aliphatic rings. The van der Waals surface area contributed by atoms with Crippen LogP contribution in [0, 0.1) is 48.5 Å². The smallest absolute Gasteiger partial charge is 0.0622 e. The molecule has 0 aliphatic heterocycles. The van der Waals surface area contributed by atoms with E-state index in [2.05, 4.69) is 493 Å². The van der Waals surface area contributed by atoms with Crippen molar-refractivity contribution in [2.75, 3.05) is 0 Å². The normalized spacial score (nSPS) is 13.0. The second-order valence-electron chi connectivity index (χ2n) is 33.8. The maximum absolute atomic E-state index is 2.40. The van der Waals surface area contributed by atoms with Gasteiger partial charge < -0.3 is 0 Å². The zero-order chi connectivity index (χ0) is 82.8. The molecule has 19 aromatic rings. The maximum atomic E-state index is 2.40. The van der Waals surface area contributed by atoms with E-state index >= 15 is 0 Å². The first-order valence-corrected chi connectivity index (χ1v) is 42.7. The molecule has 5 aliphatic carbocycles. The van der Waals surface area contributed by atoms with Gasteiger partial charge in [0.25, 0.3) is 0 Å². The van der Waals surface area contributed by atoms with Gasteiger partial charge in [0.2, 0.25) is 0 Å². The van der Waals surface area contributed by atoms with E-state index in [1.54, 1.807) is 0 Å². The van der Waals surface area contributed by atoms with Crippen molar-refractivity contribution in [2.24, 2.45) is 0 Å².